The van der Waals surface area contributed by atoms with Crippen LogP contribution in [0.1, 0.15) is 26.7 Å². The summed E-state index contributed by atoms with van der Waals surface area (Å²) in [5, 5.41) is 3.70. The monoisotopic (exact) mass is 225 g/mol. The van der Waals surface area contributed by atoms with Crippen molar-refractivity contribution in [1.82, 2.24) is 15.1 Å². The van der Waals surface area contributed by atoms with Crippen LogP contribution in [0.5, 0.6) is 0 Å². The van der Waals surface area contributed by atoms with Gasteiger partial charge in [0, 0.05) is 44.8 Å². The third kappa shape index (κ3) is 3.44. The largest absolute Gasteiger partial charge is 0.312 e. The highest BCUT2D eigenvalue weighted by Gasteiger charge is 2.28. The highest BCUT2D eigenvalue weighted by Crippen LogP contribution is 2.32. The SMILES string of the molecule is CC(NCC(C)N1CCN(C)CC1)C1CC1. The van der Waals surface area contributed by atoms with Crippen molar-refractivity contribution in [2.75, 3.05) is 39.8 Å². The highest BCUT2D eigenvalue weighted by molar-refractivity contribution is 4.85. The second-order valence-electron chi connectivity index (χ2n) is 5.72. The number of hydrogen-bond acceptors (Lipinski definition) is 3. The van der Waals surface area contributed by atoms with E-state index in [1.807, 2.05) is 0 Å². The predicted molar refractivity (Wildman–Crippen MR) is 68.7 cm³/mol. The summed E-state index contributed by atoms with van der Waals surface area (Å²) in [6.07, 6.45) is 2.88. The van der Waals surface area contributed by atoms with Gasteiger partial charge in [0.05, 0.1) is 0 Å². The Labute approximate surface area is 100 Å². The molecule has 0 amide bonds. The van der Waals surface area contributed by atoms with E-state index in [0.717, 1.165) is 18.5 Å². The zero-order valence-electron chi connectivity index (χ0n) is 11.1. The molecular weight excluding hydrogens is 198 g/mol. The van der Waals surface area contributed by atoms with E-state index in [2.05, 4.69) is 36.0 Å². The van der Waals surface area contributed by atoms with Crippen LogP contribution in [0.2, 0.25) is 0 Å². The van der Waals surface area contributed by atoms with Crippen molar-refractivity contribution >= 4 is 0 Å². The van der Waals surface area contributed by atoms with Crippen molar-refractivity contribution in [3.8, 4) is 0 Å². The quantitative estimate of drug-likeness (QED) is 0.753. The van der Waals surface area contributed by atoms with Gasteiger partial charge in [0.15, 0.2) is 0 Å². The van der Waals surface area contributed by atoms with Gasteiger partial charge in [-0.3, -0.25) is 4.90 Å². The topological polar surface area (TPSA) is 18.5 Å². The first-order chi connectivity index (χ1) is 7.66. The molecule has 2 aliphatic rings. The number of nitrogens with one attached hydrogen (secondary N) is 1. The van der Waals surface area contributed by atoms with Crippen molar-refractivity contribution < 1.29 is 0 Å². The molecule has 3 heteroatoms. The number of rotatable bonds is 5. The average molecular weight is 225 g/mol. The van der Waals surface area contributed by atoms with Crippen LogP contribution in [-0.2, 0) is 0 Å². The molecule has 0 radical (unpaired) electrons. The molecule has 0 spiro atoms. The maximum Gasteiger partial charge on any atom is 0.0193 e. The van der Waals surface area contributed by atoms with Crippen LogP contribution < -0.4 is 5.32 Å². The van der Waals surface area contributed by atoms with E-state index in [9.17, 15) is 0 Å². The summed E-state index contributed by atoms with van der Waals surface area (Å²) < 4.78 is 0. The van der Waals surface area contributed by atoms with Crippen LogP contribution >= 0.6 is 0 Å². The summed E-state index contributed by atoms with van der Waals surface area (Å²) in [6.45, 7) is 10.8. The Morgan fingerprint density at radius 2 is 1.75 bits per heavy atom. The summed E-state index contributed by atoms with van der Waals surface area (Å²) in [5.74, 6) is 0.972. The molecule has 0 bridgehead atoms. The number of likely N-dealkylation sites (N-methyl/N-ethyl adjacent to an activating group) is 1. The highest BCUT2D eigenvalue weighted by atomic mass is 15.3. The molecule has 2 unspecified atom stereocenters. The summed E-state index contributed by atoms with van der Waals surface area (Å²) in [4.78, 5) is 5.04. The van der Waals surface area contributed by atoms with Gasteiger partial charge in [0.1, 0.15) is 0 Å². The lowest BCUT2D eigenvalue weighted by atomic mass is 10.2. The lowest BCUT2D eigenvalue weighted by Crippen LogP contribution is -2.51. The lowest BCUT2D eigenvalue weighted by molar-refractivity contribution is 0.116. The van der Waals surface area contributed by atoms with Gasteiger partial charge in [-0.25, -0.2) is 0 Å². The molecule has 0 aromatic rings. The van der Waals surface area contributed by atoms with Gasteiger partial charge in [-0.15, -0.1) is 0 Å². The van der Waals surface area contributed by atoms with E-state index in [-0.39, 0.29) is 0 Å². The van der Waals surface area contributed by atoms with Gasteiger partial charge >= 0.3 is 0 Å². The standard InChI is InChI=1S/C13H27N3/c1-11(10-14-12(2)13-4-5-13)16-8-6-15(3)7-9-16/h11-14H,4-10H2,1-3H3. The van der Waals surface area contributed by atoms with Gasteiger partial charge in [-0.2, -0.15) is 0 Å². The van der Waals surface area contributed by atoms with Crippen molar-refractivity contribution in [2.45, 2.75) is 38.8 Å². The predicted octanol–water partition coefficient (Wildman–Crippen LogP) is 1.01. The zero-order chi connectivity index (χ0) is 11.5. The summed E-state index contributed by atoms with van der Waals surface area (Å²) in [5.41, 5.74) is 0. The minimum absolute atomic E-state index is 0.690. The Morgan fingerprint density at radius 1 is 1.12 bits per heavy atom. The first-order valence-electron chi connectivity index (χ1n) is 6.83. The Bertz CT molecular complexity index is 207. The molecule has 2 atom stereocenters. The van der Waals surface area contributed by atoms with Crippen molar-refractivity contribution in [3.05, 3.63) is 0 Å². The molecule has 94 valence electrons. The Morgan fingerprint density at radius 3 is 2.31 bits per heavy atom. The van der Waals surface area contributed by atoms with Gasteiger partial charge in [0.25, 0.3) is 0 Å². The van der Waals surface area contributed by atoms with Crippen molar-refractivity contribution in [2.24, 2.45) is 5.92 Å². The fourth-order valence-electron chi connectivity index (χ4n) is 2.51. The maximum atomic E-state index is 3.70. The molecule has 1 aliphatic heterocycles. The van der Waals surface area contributed by atoms with Gasteiger partial charge in [0.2, 0.25) is 0 Å². The first-order valence-corrected chi connectivity index (χ1v) is 6.83. The normalized spacial score (nSPS) is 27.9. The van der Waals surface area contributed by atoms with Crippen LogP contribution in [0.15, 0.2) is 0 Å². The zero-order valence-corrected chi connectivity index (χ0v) is 11.1. The number of piperazine rings is 1. The molecule has 1 N–H and O–H groups in total. The molecule has 16 heavy (non-hydrogen) atoms. The summed E-state index contributed by atoms with van der Waals surface area (Å²) in [6, 6.07) is 1.42. The van der Waals surface area contributed by atoms with Gasteiger partial charge < -0.3 is 10.2 Å². The molecule has 1 saturated carbocycles. The van der Waals surface area contributed by atoms with Gasteiger partial charge in [-0.05, 0) is 39.7 Å². The number of nitrogens with zero attached hydrogens (tertiary/aromatic N) is 2. The molecule has 1 aliphatic carbocycles. The van der Waals surface area contributed by atoms with Crippen LogP contribution in [-0.4, -0.2) is 61.7 Å². The van der Waals surface area contributed by atoms with E-state index in [4.69, 9.17) is 0 Å². The minimum atomic E-state index is 0.690. The van der Waals surface area contributed by atoms with E-state index in [0.29, 0.717) is 6.04 Å². The molecule has 2 rings (SSSR count). The smallest absolute Gasteiger partial charge is 0.0193 e. The Hall–Kier alpha value is -0.120. The van der Waals surface area contributed by atoms with Crippen LogP contribution in [0.3, 0.4) is 0 Å². The fourth-order valence-corrected chi connectivity index (χ4v) is 2.51. The van der Waals surface area contributed by atoms with E-state index >= 15 is 0 Å². The van der Waals surface area contributed by atoms with Crippen LogP contribution in [0, 0.1) is 5.92 Å². The van der Waals surface area contributed by atoms with E-state index in [1.54, 1.807) is 0 Å². The molecule has 0 aromatic carbocycles. The van der Waals surface area contributed by atoms with Gasteiger partial charge in [-0.1, -0.05) is 0 Å². The summed E-state index contributed by atoms with van der Waals surface area (Å²) in [7, 11) is 2.22. The molecule has 0 aromatic heterocycles. The minimum Gasteiger partial charge on any atom is -0.312 e. The molecule has 2 fully saturated rings. The lowest BCUT2D eigenvalue weighted by Gasteiger charge is -2.37. The van der Waals surface area contributed by atoms with Crippen LogP contribution in [0.25, 0.3) is 0 Å². The molecular formula is C13H27N3. The van der Waals surface area contributed by atoms with Crippen molar-refractivity contribution in [3.63, 3.8) is 0 Å². The van der Waals surface area contributed by atoms with Crippen molar-refractivity contribution in [1.29, 1.82) is 0 Å². The average Bonchev–Trinajstić information content (AvgIpc) is 3.10. The van der Waals surface area contributed by atoms with Crippen LogP contribution in [0.4, 0.5) is 0 Å². The van der Waals surface area contributed by atoms with E-state index in [1.165, 1.54) is 39.0 Å². The third-order valence-corrected chi connectivity index (χ3v) is 4.23. The maximum absolute atomic E-state index is 3.70. The third-order valence-electron chi connectivity index (χ3n) is 4.23. The summed E-state index contributed by atoms with van der Waals surface area (Å²) >= 11 is 0. The number of hydrogen-bond donors (Lipinski definition) is 1. The second kappa shape index (κ2) is 5.48. The fraction of sp³-hybridized carbons (Fsp3) is 1.00. The molecule has 1 heterocycles. The molecule has 3 nitrogen and oxygen atoms in total. The first kappa shape index (κ1) is 12.3. The Balaban J connectivity index is 1.64. The Kier molecular flexibility index (Phi) is 4.22. The second-order valence-corrected chi connectivity index (χ2v) is 5.72. The van der Waals surface area contributed by atoms with E-state index < -0.39 is 0 Å². The molecule has 1 saturated heterocycles.